The fraction of sp³-hybridized carbons (Fsp3) is 0.407. The van der Waals surface area contributed by atoms with Crippen molar-refractivity contribution >= 4 is 12.1 Å². The highest BCUT2D eigenvalue weighted by Crippen LogP contribution is 2.44. The molecule has 6 nitrogen and oxygen atoms in total. The number of carbonyl (C=O) groups excluding carboxylic acids is 1. The maximum Gasteiger partial charge on any atom is 0.407 e. The van der Waals surface area contributed by atoms with E-state index in [2.05, 4.69) is 50.3 Å². The van der Waals surface area contributed by atoms with Crippen LogP contribution in [-0.4, -0.2) is 61.5 Å². The largest absolute Gasteiger partial charge is 0.480 e. The minimum Gasteiger partial charge on any atom is -0.480 e. The summed E-state index contributed by atoms with van der Waals surface area (Å²) in [4.78, 5) is 25.2. The van der Waals surface area contributed by atoms with Gasteiger partial charge in [-0.05, 0) is 41.5 Å². The number of nitrogens with one attached hydrogen (secondary N) is 1. The van der Waals surface area contributed by atoms with Gasteiger partial charge in [-0.1, -0.05) is 54.6 Å². The van der Waals surface area contributed by atoms with E-state index in [-0.39, 0.29) is 12.5 Å². The lowest BCUT2D eigenvalue weighted by Gasteiger charge is -2.48. The van der Waals surface area contributed by atoms with Crippen molar-refractivity contribution in [2.45, 2.75) is 31.2 Å². The van der Waals surface area contributed by atoms with E-state index in [1.165, 1.54) is 0 Å². The number of benzene rings is 2. The van der Waals surface area contributed by atoms with E-state index in [1.807, 2.05) is 24.3 Å². The molecule has 0 bridgehead atoms. The molecular weight excluding hydrogens is 416 g/mol. The number of hydrogen-bond acceptors (Lipinski definition) is 3. The predicted octanol–water partition coefficient (Wildman–Crippen LogP) is 4.41. The Kier molecular flexibility index (Phi) is 6.30. The summed E-state index contributed by atoms with van der Waals surface area (Å²) in [5.41, 5.74) is 3.95. The molecule has 1 fully saturated rings. The lowest BCUT2D eigenvalue weighted by atomic mass is 9.70. The Morgan fingerprint density at radius 1 is 1.18 bits per heavy atom. The van der Waals surface area contributed by atoms with Gasteiger partial charge in [0.25, 0.3) is 0 Å². The van der Waals surface area contributed by atoms with Gasteiger partial charge in [0, 0.05) is 5.92 Å². The number of nitrogens with zero attached hydrogens (tertiary/aromatic N) is 1. The van der Waals surface area contributed by atoms with E-state index in [4.69, 9.17) is 4.74 Å². The number of piperidine rings is 1. The van der Waals surface area contributed by atoms with Crippen LogP contribution in [0.4, 0.5) is 4.79 Å². The van der Waals surface area contributed by atoms with Crippen LogP contribution in [0.2, 0.25) is 0 Å². The van der Waals surface area contributed by atoms with Crippen LogP contribution in [0.1, 0.15) is 36.3 Å². The summed E-state index contributed by atoms with van der Waals surface area (Å²) in [7, 11) is 4.20. The molecule has 2 atom stereocenters. The standard InChI is InChI=1S/C27H32N2O4/c1-4-14-27(15-9-16-29(2,3)18-27)24(25(30)31)28-26(32)33-17-23-21-12-7-5-10-19(21)20-11-6-8-13-22(20)23/h4-8,10-13,23-24H,1,9,14-18H2,2-3H3,(H-,28,30,31,32)/p+1/t24-,27+/m1/s1. The monoisotopic (exact) mass is 449 g/mol. The number of hydrogen-bond donors (Lipinski definition) is 2. The number of quaternary nitrogens is 1. The second-order valence-electron chi connectivity index (χ2n) is 10.0. The third kappa shape index (κ3) is 4.53. The zero-order chi connectivity index (χ0) is 23.6. The quantitative estimate of drug-likeness (QED) is 0.485. The first-order valence-corrected chi connectivity index (χ1v) is 11.5. The molecular formula is C27H33N2O4+. The Labute approximate surface area is 195 Å². The number of ether oxygens (including phenoxy) is 1. The van der Waals surface area contributed by atoms with Gasteiger partial charge in [-0.25, -0.2) is 9.59 Å². The SMILES string of the molecule is C=CC[C@]1([C@H](NC(=O)OCC2c3ccccc3-c3ccccc32)C(=O)O)CCC[N+](C)(C)C1. The number of alkyl carbamates (subject to hydrolysis) is 1. The van der Waals surface area contributed by atoms with E-state index < -0.39 is 23.5 Å². The molecule has 2 aromatic carbocycles. The molecule has 1 amide bonds. The third-order valence-electron chi connectivity index (χ3n) is 7.20. The van der Waals surface area contributed by atoms with Gasteiger partial charge < -0.3 is 19.6 Å². The molecule has 1 aliphatic heterocycles. The molecule has 0 saturated carbocycles. The second-order valence-corrected chi connectivity index (χ2v) is 10.0. The summed E-state index contributed by atoms with van der Waals surface area (Å²) in [5, 5.41) is 12.8. The number of carbonyl (C=O) groups is 2. The van der Waals surface area contributed by atoms with Crippen LogP contribution < -0.4 is 5.32 Å². The van der Waals surface area contributed by atoms with Crippen molar-refractivity contribution in [3.05, 3.63) is 72.3 Å². The topological polar surface area (TPSA) is 75.6 Å². The van der Waals surface area contributed by atoms with Crippen molar-refractivity contribution in [2.75, 3.05) is 33.8 Å². The van der Waals surface area contributed by atoms with Crippen LogP contribution in [0.3, 0.4) is 0 Å². The van der Waals surface area contributed by atoms with E-state index in [0.29, 0.717) is 17.4 Å². The van der Waals surface area contributed by atoms with Crippen LogP contribution in [0.5, 0.6) is 0 Å². The molecule has 0 spiro atoms. The Morgan fingerprint density at radius 3 is 2.33 bits per heavy atom. The minimum absolute atomic E-state index is 0.0705. The van der Waals surface area contributed by atoms with Gasteiger partial charge in [0.1, 0.15) is 12.6 Å². The number of likely N-dealkylation sites (tertiary alicyclic amines) is 1. The van der Waals surface area contributed by atoms with E-state index >= 15 is 0 Å². The molecule has 1 heterocycles. The van der Waals surface area contributed by atoms with Gasteiger partial charge in [-0.3, -0.25) is 0 Å². The van der Waals surface area contributed by atoms with Crippen LogP contribution in [0.15, 0.2) is 61.2 Å². The van der Waals surface area contributed by atoms with Crippen molar-refractivity contribution in [1.82, 2.24) is 5.32 Å². The first kappa shape index (κ1) is 23.1. The summed E-state index contributed by atoms with van der Waals surface area (Å²) in [5.74, 6) is -1.11. The van der Waals surface area contributed by atoms with Crippen LogP contribution in [0.25, 0.3) is 11.1 Å². The van der Waals surface area contributed by atoms with Gasteiger partial charge in [0.05, 0.1) is 32.6 Å². The van der Waals surface area contributed by atoms with Crippen LogP contribution in [0, 0.1) is 5.41 Å². The zero-order valence-electron chi connectivity index (χ0n) is 19.4. The third-order valence-corrected chi connectivity index (χ3v) is 7.20. The van der Waals surface area contributed by atoms with E-state index in [9.17, 15) is 14.7 Å². The van der Waals surface area contributed by atoms with Crippen molar-refractivity contribution in [1.29, 1.82) is 0 Å². The lowest BCUT2D eigenvalue weighted by molar-refractivity contribution is -0.902. The maximum atomic E-state index is 12.9. The zero-order valence-corrected chi connectivity index (χ0v) is 19.4. The van der Waals surface area contributed by atoms with Crippen molar-refractivity contribution in [3.63, 3.8) is 0 Å². The van der Waals surface area contributed by atoms with Gasteiger partial charge in [-0.2, -0.15) is 0 Å². The van der Waals surface area contributed by atoms with Gasteiger partial charge in [-0.15, -0.1) is 6.58 Å². The van der Waals surface area contributed by atoms with Crippen molar-refractivity contribution in [2.24, 2.45) is 5.41 Å². The summed E-state index contributed by atoms with van der Waals surface area (Å²) in [6.07, 6.45) is 3.22. The van der Waals surface area contributed by atoms with E-state index in [0.717, 1.165) is 41.6 Å². The first-order valence-electron chi connectivity index (χ1n) is 11.5. The molecule has 174 valence electrons. The predicted molar refractivity (Wildman–Crippen MR) is 128 cm³/mol. The highest BCUT2D eigenvalue weighted by Gasteiger charge is 2.50. The summed E-state index contributed by atoms with van der Waals surface area (Å²) < 4.78 is 6.35. The number of carboxylic acid groups (broad SMARTS) is 1. The first-order chi connectivity index (χ1) is 15.8. The Morgan fingerprint density at radius 2 is 1.79 bits per heavy atom. The molecule has 6 heteroatoms. The van der Waals surface area contributed by atoms with Crippen LogP contribution in [-0.2, 0) is 9.53 Å². The molecule has 0 aromatic heterocycles. The smallest absolute Gasteiger partial charge is 0.407 e. The number of aliphatic carboxylic acids is 1. The molecule has 0 radical (unpaired) electrons. The Balaban J connectivity index is 1.50. The number of allylic oxidation sites excluding steroid dienone is 1. The average Bonchev–Trinajstić information content (AvgIpc) is 3.09. The van der Waals surface area contributed by atoms with Gasteiger partial charge in [0.2, 0.25) is 0 Å². The van der Waals surface area contributed by atoms with Crippen LogP contribution >= 0.6 is 0 Å². The van der Waals surface area contributed by atoms with Gasteiger partial charge >= 0.3 is 12.1 Å². The molecule has 0 unspecified atom stereocenters. The number of carboxylic acids is 1. The minimum atomic E-state index is -1.04. The number of fused-ring (bicyclic) bond motifs is 3. The number of amides is 1. The Bertz CT molecular complexity index is 1020. The van der Waals surface area contributed by atoms with E-state index in [1.54, 1.807) is 6.08 Å². The molecule has 1 saturated heterocycles. The average molecular weight is 450 g/mol. The lowest BCUT2D eigenvalue weighted by Crippen LogP contribution is -2.62. The molecule has 4 rings (SSSR count). The van der Waals surface area contributed by atoms with Crippen molar-refractivity contribution in [3.8, 4) is 11.1 Å². The Hall–Kier alpha value is -3.12. The normalized spacial score (nSPS) is 22.0. The van der Waals surface area contributed by atoms with Gasteiger partial charge in [0.15, 0.2) is 0 Å². The highest BCUT2D eigenvalue weighted by atomic mass is 16.5. The highest BCUT2D eigenvalue weighted by molar-refractivity contribution is 5.81. The van der Waals surface area contributed by atoms with Crippen molar-refractivity contribution < 1.29 is 23.9 Å². The maximum absolute atomic E-state index is 12.9. The second kappa shape index (κ2) is 9.02. The molecule has 2 aromatic rings. The molecule has 2 aliphatic rings. The summed E-state index contributed by atoms with van der Waals surface area (Å²) in [6, 6.07) is 15.2. The molecule has 2 N–H and O–H groups in total. The molecule has 33 heavy (non-hydrogen) atoms. The fourth-order valence-electron chi connectivity index (χ4n) is 5.91. The summed E-state index contributed by atoms with van der Waals surface area (Å²) >= 11 is 0. The molecule has 1 aliphatic carbocycles. The number of rotatable bonds is 7. The fourth-order valence-corrected chi connectivity index (χ4v) is 5.91. The summed E-state index contributed by atoms with van der Waals surface area (Å²) in [6.45, 7) is 5.65.